The maximum Gasteiger partial charge on any atom is 0.131 e. The molecular weight excluding hydrogens is 226 g/mol. The van der Waals surface area contributed by atoms with Gasteiger partial charge in [0, 0.05) is 18.0 Å². The predicted molar refractivity (Wildman–Crippen MR) is 72.7 cm³/mol. The highest BCUT2D eigenvalue weighted by Gasteiger charge is 2.33. The standard InChI is InChI=1S/C14H23N3O/c1-10(2)13-15-8-12(11(9-18)16-13)17-7-5-6-14(17,3)4/h8,10,18H,5-7,9H2,1-4H3. The zero-order valence-electron chi connectivity index (χ0n) is 11.8. The van der Waals surface area contributed by atoms with Crippen LogP contribution in [0.5, 0.6) is 0 Å². The monoisotopic (exact) mass is 249 g/mol. The smallest absolute Gasteiger partial charge is 0.131 e. The van der Waals surface area contributed by atoms with Crippen LogP contribution in [0.1, 0.15) is 58.0 Å². The highest BCUT2D eigenvalue weighted by atomic mass is 16.3. The largest absolute Gasteiger partial charge is 0.390 e. The predicted octanol–water partition coefficient (Wildman–Crippen LogP) is 2.47. The molecule has 2 rings (SSSR count). The van der Waals surface area contributed by atoms with E-state index in [-0.39, 0.29) is 18.1 Å². The summed E-state index contributed by atoms with van der Waals surface area (Å²) in [4.78, 5) is 11.3. The summed E-state index contributed by atoms with van der Waals surface area (Å²) in [5.41, 5.74) is 1.88. The van der Waals surface area contributed by atoms with Crippen molar-refractivity contribution in [1.29, 1.82) is 0 Å². The molecule has 1 aromatic rings. The van der Waals surface area contributed by atoms with Crippen LogP contribution in [0.25, 0.3) is 0 Å². The Morgan fingerprint density at radius 1 is 1.44 bits per heavy atom. The number of rotatable bonds is 3. The average molecular weight is 249 g/mol. The van der Waals surface area contributed by atoms with Gasteiger partial charge in [-0.15, -0.1) is 0 Å². The van der Waals surface area contributed by atoms with E-state index < -0.39 is 0 Å². The summed E-state index contributed by atoms with van der Waals surface area (Å²) in [6, 6.07) is 0. The van der Waals surface area contributed by atoms with Crippen molar-refractivity contribution in [2.45, 2.75) is 58.6 Å². The van der Waals surface area contributed by atoms with Crippen LogP contribution >= 0.6 is 0 Å². The topological polar surface area (TPSA) is 49.2 Å². The van der Waals surface area contributed by atoms with Crippen molar-refractivity contribution in [3.05, 3.63) is 17.7 Å². The Morgan fingerprint density at radius 3 is 2.67 bits per heavy atom. The molecule has 4 heteroatoms. The first-order chi connectivity index (χ1) is 8.45. The molecular formula is C14H23N3O. The summed E-state index contributed by atoms with van der Waals surface area (Å²) in [6.07, 6.45) is 4.23. The molecule has 0 spiro atoms. The van der Waals surface area contributed by atoms with Crippen LogP contribution in [0.15, 0.2) is 6.20 Å². The second-order valence-corrected chi connectivity index (χ2v) is 5.94. The fraction of sp³-hybridized carbons (Fsp3) is 0.714. The summed E-state index contributed by atoms with van der Waals surface area (Å²) >= 11 is 0. The lowest BCUT2D eigenvalue weighted by molar-refractivity contribution is 0.276. The van der Waals surface area contributed by atoms with Gasteiger partial charge in [0.1, 0.15) is 5.82 Å². The van der Waals surface area contributed by atoms with Crippen molar-refractivity contribution in [3.8, 4) is 0 Å². The molecule has 4 nitrogen and oxygen atoms in total. The molecule has 1 aliphatic rings. The molecule has 2 heterocycles. The second kappa shape index (κ2) is 4.84. The van der Waals surface area contributed by atoms with E-state index in [1.165, 1.54) is 12.8 Å². The lowest BCUT2D eigenvalue weighted by atomic mass is 10.0. The van der Waals surface area contributed by atoms with Gasteiger partial charge in [0.05, 0.1) is 24.2 Å². The Morgan fingerprint density at radius 2 is 2.17 bits per heavy atom. The van der Waals surface area contributed by atoms with E-state index in [1.54, 1.807) is 0 Å². The molecule has 1 saturated heterocycles. The Labute approximate surface area is 109 Å². The maximum absolute atomic E-state index is 9.54. The van der Waals surface area contributed by atoms with Gasteiger partial charge < -0.3 is 10.0 Å². The third-order valence-corrected chi connectivity index (χ3v) is 3.72. The van der Waals surface area contributed by atoms with Crippen LogP contribution in [0.3, 0.4) is 0 Å². The van der Waals surface area contributed by atoms with Gasteiger partial charge in [-0.3, -0.25) is 0 Å². The lowest BCUT2D eigenvalue weighted by Gasteiger charge is -2.34. The van der Waals surface area contributed by atoms with Gasteiger partial charge in [-0.1, -0.05) is 13.8 Å². The first-order valence-electron chi connectivity index (χ1n) is 6.70. The molecule has 0 aromatic carbocycles. The minimum atomic E-state index is -0.0237. The fourth-order valence-electron chi connectivity index (χ4n) is 2.60. The first-order valence-corrected chi connectivity index (χ1v) is 6.70. The van der Waals surface area contributed by atoms with E-state index in [9.17, 15) is 5.11 Å². The van der Waals surface area contributed by atoms with Crippen molar-refractivity contribution in [2.24, 2.45) is 0 Å². The zero-order valence-corrected chi connectivity index (χ0v) is 11.8. The third kappa shape index (κ3) is 2.34. The van der Waals surface area contributed by atoms with Crippen LogP contribution in [0.2, 0.25) is 0 Å². The van der Waals surface area contributed by atoms with Crippen LogP contribution in [0, 0.1) is 0 Å². The second-order valence-electron chi connectivity index (χ2n) is 5.94. The molecule has 0 aliphatic carbocycles. The highest BCUT2D eigenvalue weighted by Crippen LogP contribution is 2.34. The normalized spacial score (nSPS) is 18.7. The highest BCUT2D eigenvalue weighted by molar-refractivity contribution is 5.52. The van der Waals surface area contributed by atoms with Gasteiger partial charge in [0.25, 0.3) is 0 Å². The van der Waals surface area contributed by atoms with Gasteiger partial charge in [-0.25, -0.2) is 9.97 Å². The Balaban J connectivity index is 2.39. The summed E-state index contributed by atoms with van der Waals surface area (Å²) in [5, 5.41) is 9.54. The molecule has 0 unspecified atom stereocenters. The van der Waals surface area contributed by atoms with E-state index in [0.29, 0.717) is 0 Å². The van der Waals surface area contributed by atoms with Crippen molar-refractivity contribution >= 4 is 5.69 Å². The van der Waals surface area contributed by atoms with Crippen molar-refractivity contribution in [1.82, 2.24) is 9.97 Å². The number of aliphatic hydroxyl groups excluding tert-OH is 1. The summed E-state index contributed by atoms with van der Waals surface area (Å²) in [5.74, 6) is 1.09. The van der Waals surface area contributed by atoms with Gasteiger partial charge >= 0.3 is 0 Å². The quantitative estimate of drug-likeness (QED) is 0.894. The van der Waals surface area contributed by atoms with Crippen molar-refractivity contribution in [3.63, 3.8) is 0 Å². The molecule has 0 bridgehead atoms. The Bertz CT molecular complexity index is 429. The van der Waals surface area contributed by atoms with Gasteiger partial charge in [0.2, 0.25) is 0 Å². The molecule has 100 valence electrons. The van der Waals surface area contributed by atoms with Crippen LogP contribution in [-0.2, 0) is 6.61 Å². The molecule has 1 N–H and O–H groups in total. The summed E-state index contributed by atoms with van der Waals surface area (Å²) in [7, 11) is 0. The zero-order chi connectivity index (χ0) is 13.3. The maximum atomic E-state index is 9.54. The number of anilines is 1. The van der Waals surface area contributed by atoms with Crippen LogP contribution < -0.4 is 4.90 Å². The van der Waals surface area contributed by atoms with Crippen molar-refractivity contribution in [2.75, 3.05) is 11.4 Å². The van der Waals surface area contributed by atoms with Gasteiger partial charge in [-0.2, -0.15) is 0 Å². The lowest BCUT2D eigenvalue weighted by Crippen LogP contribution is -2.39. The molecule has 0 radical (unpaired) electrons. The van der Waals surface area contributed by atoms with E-state index in [2.05, 4.69) is 42.6 Å². The third-order valence-electron chi connectivity index (χ3n) is 3.72. The Kier molecular flexibility index (Phi) is 3.57. The minimum absolute atomic E-state index is 0.0237. The van der Waals surface area contributed by atoms with Crippen molar-refractivity contribution < 1.29 is 5.11 Å². The molecule has 0 atom stereocenters. The SMILES string of the molecule is CC(C)c1ncc(N2CCCC2(C)C)c(CO)n1. The molecule has 1 aromatic heterocycles. The van der Waals surface area contributed by atoms with E-state index in [0.717, 1.165) is 23.8 Å². The molecule has 1 fully saturated rings. The molecule has 1 aliphatic heterocycles. The van der Waals surface area contributed by atoms with E-state index in [1.807, 2.05) is 6.20 Å². The average Bonchev–Trinajstić information content (AvgIpc) is 2.67. The Hall–Kier alpha value is -1.16. The summed E-state index contributed by atoms with van der Waals surface area (Å²) < 4.78 is 0. The number of aromatic nitrogens is 2. The number of nitrogens with zero attached hydrogens (tertiary/aromatic N) is 3. The van der Waals surface area contributed by atoms with E-state index >= 15 is 0 Å². The van der Waals surface area contributed by atoms with E-state index in [4.69, 9.17) is 0 Å². The number of aliphatic hydroxyl groups is 1. The fourth-order valence-corrected chi connectivity index (χ4v) is 2.60. The van der Waals surface area contributed by atoms with Gasteiger partial charge in [0.15, 0.2) is 0 Å². The van der Waals surface area contributed by atoms with Crippen LogP contribution in [-0.4, -0.2) is 27.2 Å². The number of hydrogen-bond acceptors (Lipinski definition) is 4. The minimum Gasteiger partial charge on any atom is -0.390 e. The molecule has 18 heavy (non-hydrogen) atoms. The molecule has 0 saturated carbocycles. The van der Waals surface area contributed by atoms with Gasteiger partial charge in [-0.05, 0) is 26.7 Å². The number of hydrogen-bond donors (Lipinski definition) is 1. The molecule has 0 amide bonds. The van der Waals surface area contributed by atoms with Crippen LogP contribution in [0.4, 0.5) is 5.69 Å². The first kappa shape index (κ1) is 13.3. The summed E-state index contributed by atoms with van der Waals surface area (Å²) in [6.45, 7) is 9.59.